The van der Waals surface area contributed by atoms with E-state index in [4.69, 9.17) is 11.6 Å². The van der Waals surface area contributed by atoms with Gasteiger partial charge in [-0.1, -0.05) is 23.7 Å². The molecule has 0 bridgehead atoms. The summed E-state index contributed by atoms with van der Waals surface area (Å²) in [7, 11) is -0.503. The summed E-state index contributed by atoms with van der Waals surface area (Å²) in [6, 6.07) is 9.50. The van der Waals surface area contributed by atoms with Crippen molar-refractivity contribution in [2.24, 2.45) is 0 Å². The molecule has 0 spiro atoms. The Kier molecular flexibility index (Phi) is 5.46. The van der Waals surface area contributed by atoms with Crippen molar-refractivity contribution in [2.75, 3.05) is 18.8 Å². The minimum Gasteiger partial charge on any atom is -0.345 e. The van der Waals surface area contributed by atoms with Crippen molar-refractivity contribution < 1.29 is 17.6 Å². The zero-order valence-electron chi connectivity index (χ0n) is 13.1. The Bertz CT molecular complexity index is 852. The molecule has 0 heterocycles. The van der Waals surface area contributed by atoms with Gasteiger partial charge in [0.25, 0.3) is 5.91 Å². The van der Waals surface area contributed by atoms with Gasteiger partial charge in [-0.3, -0.25) is 9.52 Å². The summed E-state index contributed by atoms with van der Waals surface area (Å²) in [6.07, 6.45) is 0. The van der Waals surface area contributed by atoms with Gasteiger partial charge >= 0.3 is 0 Å². The highest BCUT2D eigenvalue weighted by molar-refractivity contribution is 7.91. The number of anilines is 1. The highest BCUT2D eigenvalue weighted by Gasteiger charge is 2.16. The van der Waals surface area contributed by atoms with Crippen molar-refractivity contribution in [1.29, 1.82) is 0 Å². The van der Waals surface area contributed by atoms with E-state index >= 15 is 0 Å². The van der Waals surface area contributed by atoms with Crippen LogP contribution in [0.1, 0.15) is 15.9 Å². The van der Waals surface area contributed by atoms with Crippen LogP contribution in [0, 0.1) is 5.82 Å². The van der Waals surface area contributed by atoms with Gasteiger partial charge < -0.3 is 4.90 Å². The Morgan fingerprint density at radius 2 is 1.79 bits per heavy atom. The van der Waals surface area contributed by atoms with Gasteiger partial charge in [0, 0.05) is 14.1 Å². The van der Waals surface area contributed by atoms with Gasteiger partial charge in [0.05, 0.1) is 22.0 Å². The fourth-order valence-corrected chi connectivity index (χ4v) is 3.46. The van der Waals surface area contributed by atoms with Crippen LogP contribution in [0.4, 0.5) is 10.1 Å². The fraction of sp³-hybridized carbons (Fsp3) is 0.188. The summed E-state index contributed by atoms with van der Waals surface area (Å²) in [5.41, 5.74) is 0.981. The molecular weight excluding hydrogens is 355 g/mol. The van der Waals surface area contributed by atoms with Gasteiger partial charge in [-0.25, -0.2) is 12.8 Å². The maximum absolute atomic E-state index is 12.9. The standard InChI is InChI=1S/C16H16ClFN2O3S/c1-20(2)16(21)14-8-7-13(9-15(14)17)19-24(22,23)10-11-3-5-12(18)6-4-11/h3-9,19H,10H2,1-2H3. The van der Waals surface area contributed by atoms with Crippen molar-refractivity contribution in [3.05, 3.63) is 64.4 Å². The molecule has 8 heteroatoms. The van der Waals surface area contributed by atoms with Gasteiger partial charge in [0.15, 0.2) is 0 Å². The van der Waals surface area contributed by atoms with Crippen LogP contribution in [0.25, 0.3) is 0 Å². The third-order valence-electron chi connectivity index (χ3n) is 3.15. The number of hydrogen-bond donors (Lipinski definition) is 1. The van der Waals surface area contributed by atoms with Gasteiger partial charge in [0.2, 0.25) is 10.0 Å². The number of halogens is 2. The lowest BCUT2D eigenvalue weighted by atomic mass is 10.2. The van der Waals surface area contributed by atoms with E-state index in [2.05, 4.69) is 4.72 Å². The molecule has 0 saturated heterocycles. The quantitative estimate of drug-likeness (QED) is 0.879. The van der Waals surface area contributed by atoms with Crippen LogP contribution in [0.5, 0.6) is 0 Å². The van der Waals surface area contributed by atoms with Crippen LogP contribution >= 0.6 is 11.6 Å². The Labute approximate surface area is 145 Å². The highest BCUT2D eigenvalue weighted by atomic mass is 35.5. The van der Waals surface area contributed by atoms with E-state index < -0.39 is 15.8 Å². The van der Waals surface area contributed by atoms with E-state index in [9.17, 15) is 17.6 Å². The first-order valence-corrected chi connectivity index (χ1v) is 8.97. The molecule has 128 valence electrons. The molecule has 2 aromatic rings. The number of carbonyl (C=O) groups excluding carboxylic acids is 1. The SMILES string of the molecule is CN(C)C(=O)c1ccc(NS(=O)(=O)Cc2ccc(F)cc2)cc1Cl. The molecule has 0 atom stereocenters. The molecule has 0 aliphatic carbocycles. The number of carbonyl (C=O) groups is 1. The van der Waals surface area contributed by atoms with Crippen LogP contribution in [0.15, 0.2) is 42.5 Å². The number of nitrogens with one attached hydrogen (secondary N) is 1. The summed E-state index contributed by atoms with van der Waals surface area (Å²) in [4.78, 5) is 13.3. The zero-order valence-corrected chi connectivity index (χ0v) is 14.7. The molecule has 0 aliphatic rings. The number of benzene rings is 2. The molecule has 2 aromatic carbocycles. The molecule has 0 fully saturated rings. The molecule has 0 unspecified atom stereocenters. The predicted octanol–water partition coefficient (Wildman–Crippen LogP) is 3.12. The molecular formula is C16H16ClFN2O3S. The number of nitrogens with zero attached hydrogens (tertiary/aromatic N) is 1. The number of amides is 1. The Hall–Kier alpha value is -2.12. The van der Waals surface area contributed by atoms with Crippen LogP contribution < -0.4 is 4.72 Å². The average molecular weight is 371 g/mol. The molecule has 24 heavy (non-hydrogen) atoms. The molecule has 5 nitrogen and oxygen atoms in total. The smallest absolute Gasteiger partial charge is 0.254 e. The van der Waals surface area contributed by atoms with Gasteiger partial charge in [-0.2, -0.15) is 0 Å². The second kappa shape index (κ2) is 7.19. The van der Waals surface area contributed by atoms with Crippen molar-refractivity contribution in [3.63, 3.8) is 0 Å². The predicted molar refractivity (Wildman–Crippen MR) is 92.1 cm³/mol. The summed E-state index contributed by atoms with van der Waals surface area (Å²) in [5, 5.41) is 0.149. The van der Waals surface area contributed by atoms with E-state index in [1.54, 1.807) is 14.1 Å². The minimum atomic E-state index is -3.69. The molecule has 2 rings (SSSR count). The Balaban J connectivity index is 2.16. The second-order valence-corrected chi connectivity index (χ2v) is 7.51. The first kappa shape index (κ1) is 18.2. The van der Waals surface area contributed by atoms with Crippen LogP contribution in [-0.2, 0) is 15.8 Å². The van der Waals surface area contributed by atoms with E-state index in [0.29, 0.717) is 5.56 Å². The highest BCUT2D eigenvalue weighted by Crippen LogP contribution is 2.23. The summed E-state index contributed by atoms with van der Waals surface area (Å²) in [6.45, 7) is 0. The summed E-state index contributed by atoms with van der Waals surface area (Å²) >= 11 is 6.05. The zero-order chi connectivity index (χ0) is 17.9. The van der Waals surface area contributed by atoms with Crippen LogP contribution in [-0.4, -0.2) is 33.3 Å². The third-order valence-corrected chi connectivity index (χ3v) is 4.72. The van der Waals surface area contributed by atoms with Gasteiger partial charge in [0.1, 0.15) is 5.82 Å². The molecule has 1 N–H and O–H groups in total. The second-order valence-electron chi connectivity index (χ2n) is 5.38. The van der Waals surface area contributed by atoms with Crippen LogP contribution in [0.2, 0.25) is 5.02 Å². The van der Waals surface area contributed by atoms with Crippen molar-refractivity contribution in [2.45, 2.75) is 5.75 Å². The largest absolute Gasteiger partial charge is 0.345 e. The topological polar surface area (TPSA) is 66.5 Å². The van der Waals surface area contributed by atoms with Crippen LogP contribution in [0.3, 0.4) is 0 Å². The maximum atomic E-state index is 12.9. The van der Waals surface area contributed by atoms with Gasteiger partial charge in [-0.05, 0) is 35.9 Å². The number of sulfonamides is 1. The van der Waals surface area contributed by atoms with Gasteiger partial charge in [-0.15, -0.1) is 0 Å². The van der Waals surface area contributed by atoms with E-state index in [1.807, 2.05) is 0 Å². The summed E-state index contributed by atoms with van der Waals surface area (Å²) < 4.78 is 39.6. The van der Waals surface area contributed by atoms with E-state index in [1.165, 1.54) is 47.4 Å². The van der Waals surface area contributed by atoms with E-state index in [-0.39, 0.29) is 27.9 Å². The minimum absolute atomic E-state index is 0.149. The number of rotatable bonds is 5. The lowest BCUT2D eigenvalue weighted by Crippen LogP contribution is -2.22. The lowest BCUT2D eigenvalue weighted by Gasteiger charge is -2.13. The maximum Gasteiger partial charge on any atom is 0.254 e. The monoisotopic (exact) mass is 370 g/mol. The molecule has 0 saturated carbocycles. The molecule has 0 aromatic heterocycles. The fourth-order valence-electron chi connectivity index (χ4n) is 2.01. The average Bonchev–Trinajstić information content (AvgIpc) is 2.48. The Morgan fingerprint density at radius 1 is 1.17 bits per heavy atom. The first-order chi connectivity index (χ1) is 11.2. The first-order valence-electron chi connectivity index (χ1n) is 6.94. The van der Waals surface area contributed by atoms with Crippen molar-refractivity contribution >= 4 is 33.2 Å². The molecule has 1 amide bonds. The third kappa shape index (κ3) is 4.69. The molecule has 0 aliphatic heterocycles. The lowest BCUT2D eigenvalue weighted by molar-refractivity contribution is 0.0828. The normalized spacial score (nSPS) is 11.2. The summed E-state index contributed by atoms with van der Waals surface area (Å²) in [5.74, 6) is -1.01. The number of hydrogen-bond acceptors (Lipinski definition) is 3. The van der Waals surface area contributed by atoms with E-state index in [0.717, 1.165) is 0 Å². The van der Waals surface area contributed by atoms with Crippen molar-refractivity contribution in [3.8, 4) is 0 Å². The molecule has 0 radical (unpaired) electrons. The Morgan fingerprint density at radius 3 is 2.33 bits per heavy atom. The van der Waals surface area contributed by atoms with Crippen molar-refractivity contribution in [1.82, 2.24) is 4.90 Å².